The van der Waals surface area contributed by atoms with Crippen LogP contribution in [0.5, 0.6) is 0 Å². The summed E-state index contributed by atoms with van der Waals surface area (Å²) >= 11 is 1.46. The van der Waals surface area contributed by atoms with Crippen molar-refractivity contribution < 1.29 is 13.2 Å². The van der Waals surface area contributed by atoms with Crippen molar-refractivity contribution in [2.45, 2.75) is 52.9 Å². The van der Waals surface area contributed by atoms with Gasteiger partial charge in [0.05, 0.1) is 15.7 Å². The fraction of sp³-hybridized carbons (Fsp3) is 0.400. The van der Waals surface area contributed by atoms with Crippen LogP contribution in [0.4, 0.5) is 0 Å². The van der Waals surface area contributed by atoms with Gasteiger partial charge < -0.3 is 4.90 Å². The van der Waals surface area contributed by atoms with Gasteiger partial charge in [-0.25, -0.2) is 13.4 Å². The Balaban J connectivity index is 1.59. The van der Waals surface area contributed by atoms with Crippen LogP contribution in [-0.2, 0) is 9.84 Å². The zero-order valence-corrected chi connectivity index (χ0v) is 16.7. The molecule has 2 fully saturated rings. The SMILES string of the molecule is CSc1ncccc1C(=O)N1[C@H]2CC[C@H]1CC(S(=O)(=O)c1ccccc1)C2. The van der Waals surface area contributed by atoms with Crippen molar-refractivity contribution in [3.05, 3.63) is 54.2 Å². The Hall–Kier alpha value is -1.86. The molecule has 0 spiro atoms. The molecular weight excluding hydrogens is 380 g/mol. The highest BCUT2D eigenvalue weighted by Gasteiger charge is 2.47. The van der Waals surface area contributed by atoms with E-state index in [1.165, 1.54) is 11.8 Å². The molecule has 142 valence electrons. The Morgan fingerprint density at radius 1 is 1.07 bits per heavy atom. The topological polar surface area (TPSA) is 67.3 Å². The third kappa shape index (κ3) is 3.27. The molecule has 2 aliphatic rings. The molecule has 2 saturated heterocycles. The number of fused-ring (bicyclic) bond motifs is 2. The van der Waals surface area contributed by atoms with Crippen LogP contribution in [0.3, 0.4) is 0 Å². The van der Waals surface area contributed by atoms with E-state index in [2.05, 4.69) is 4.98 Å². The fourth-order valence-electron chi connectivity index (χ4n) is 4.37. The van der Waals surface area contributed by atoms with Gasteiger partial charge in [0.1, 0.15) is 5.03 Å². The fourth-order valence-corrected chi connectivity index (χ4v) is 6.78. The first-order valence-corrected chi connectivity index (χ1v) is 11.9. The average molecular weight is 403 g/mol. The summed E-state index contributed by atoms with van der Waals surface area (Å²) in [6.45, 7) is 0. The first-order valence-electron chi connectivity index (χ1n) is 9.13. The van der Waals surface area contributed by atoms with Gasteiger partial charge in [0.25, 0.3) is 5.91 Å². The van der Waals surface area contributed by atoms with E-state index in [0.29, 0.717) is 23.3 Å². The van der Waals surface area contributed by atoms with Gasteiger partial charge in [0.2, 0.25) is 0 Å². The zero-order chi connectivity index (χ0) is 19.0. The monoisotopic (exact) mass is 402 g/mol. The maximum atomic E-state index is 13.2. The van der Waals surface area contributed by atoms with Crippen LogP contribution in [0.2, 0.25) is 0 Å². The van der Waals surface area contributed by atoms with Crippen molar-refractivity contribution in [1.82, 2.24) is 9.88 Å². The van der Waals surface area contributed by atoms with Crippen LogP contribution in [0.25, 0.3) is 0 Å². The number of hydrogen-bond donors (Lipinski definition) is 0. The third-order valence-electron chi connectivity index (χ3n) is 5.63. The predicted molar refractivity (Wildman–Crippen MR) is 106 cm³/mol. The summed E-state index contributed by atoms with van der Waals surface area (Å²) in [6.07, 6.45) is 6.35. The maximum absolute atomic E-state index is 13.2. The van der Waals surface area contributed by atoms with Gasteiger partial charge in [0, 0.05) is 18.3 Å². The van der Waals surface area contributed by atoms with Crippen molar-refractivity contribution >= 4 is 27.5 Å². The lowest BCUT2D eigenvalue weighted by Gasteiger charge is -2.38. The number of piperidine rings is 1. The van der Waals surface area contributed by atoms with Crippen molar-refractivity contribution in [2.24, 2.45) is 0 Å². The van der Waals surface area contributed by atoms with E-state index < -0.39 is 15.1 Å². The number of carbonyl (C=O) groups excluding carboxylic acids is 1. The number of hydrogen-bond acceptors (Lipinski definition) is 5. The van der Waals surface area contributed by atoms with E-state index in [9.17, 15) is 13.2 Å². The highest BCUT2D eigenvalue weighted by atomic mass is 32.2. The molecule has 2 bridgehead atoms. The molecule has 4 rings (SSSR count). The van der Waals surface area contributed by atoms with Crippen LogP contribution < -0.4 is 0 Å². The molecular formula is C20H22N2O3S2. The number of nitrogens with zero attached hydrogens (tertiary/aromatic N) is 2. The Bertz CT molecular complexity index is 933. The molecule has 27 heavy (non-hydrogen) atoms. The standard InChI is InChI=1S/C20H22N2O3S2/c1-26-19-18(8-5-11-21-19)20(23)22-14-9-10-15(22)13-17(12-14)27(24,25)16-6-3-2-4-7-16/h2-8,11,14-15,17H,9-10,12-13H2,1H3/t14-,15-/m0/s1. The summed E-state index contributed by atoms with van der Waals surface area (Å²) in [6, 6.07) is 12.2. The minimum absolute atomic E-state index is 0.0180. The van der Waals surface area contributed by atoms with Crippen molar-refractivity contribution in [3.63, 3.8) is 0 Å². The van der Waals surface area contributed by atoms with Crippen LogP contribution in [-0.4, -0.2) is 47.8 Å². The minimum atomic E-state index is -3.37. The van der Waals surface area contributed by atoms with Gasteiger partial charge in [-0.2, -0.15) is 0 Å². The van der Waals surface area contributed by atoms with E-state index >= 15 is 0 Å². The van der Waals surface area contributed by atoms with E-state index in [1.54, 1.807) is 36.5 Å². The number of benzene rings is 1. The number of pyridine rings is 1. The number of rotatable bonds is 4. The molecule has 2 aromatic rings. The molecule has 2 atom stereocenters. The normalized spacial score (nSPS) is 24.8. The Kier molecular flexibility index (Phi) is 4.99. The molecule has 3 heterocycles. The molecule has 5 nitrogen and oxygen atoms in total. The van der Waals surface area contributed by atoms with Crippen molar-refractivity contribution in [3.8, 4) is 0 Å². The largest absolute Gasteiger partial charge is 0.333 e. The quantitative estimate of drug-likeness (QED) is 0.733. The zero-order valence-electron chi connectivity index (χ0n) is 15.1. The molecule has 1 aromatic heterocycles. The number of aromatic nitrogens is 1. The van der Waals surface area contributed by atoms with E-state index in [-0.39, 0.29) is 18.0 Å². The number of thioether (sulfide) groups is 1. The second-order valence-electron chi connectivity index (χ2n) is 7.11. The van der Waals surface area contributed by atoms with Gasteiger partial charge in [0.15, 0.2) is 9.84 Å². The summed E-state index contributed by atoms with van der Waals surface area (Å²) in [5, 5.41) is 0.302. The number of sulfone groups is 1. The molecule has 1 aromatic carbocycles. The van der Waals surface area contributed by atoms with Crippen LogP contribution in [0.15, 0.2) is 58.6 Å². The highest BCUT2D eigenvalue weighted by molar-refractivity contribution is 7.98. The smallest absolute Gasteiger partial charge is 0.257 e. The number of amides is 1. The predicted octanol–water partition coefficient (Wildman–Crippen LogP) is 3.41. The second-order valence-corrected chi connectivity index (χ2v) is 10.1. The number of carbonyl (C=O) groups is 1. The Morgan fingerprint density at radius 3 is 2.37 bits per heavy atom. The van der Waals surface area contributed by atoms with Crippen molar-refractivity contribution in [2.75, 3.05) is 6.26 Å². The lowest BCUT2D eigenvalue weighted by atomic mass is 10.0. The molecule has 1 amide bonds. The third-order valence-corrected chi connectivity index (χ3v) is 8.53. The van der Waals surface area contributed by atoms with E-state index in [0.717, 1.165) is 17.9 Å². The summed E-state index contributed by atoms with van der Waals surface area (Å²) in [5.41, 5.74) is 0.617. The lowest BCUT2D eigenvalue weighted by Crippen LogP contribution is -2.49. The second kappa shape index (κ2) is 7.28. The van der Waals surface area contributed by atoms with Crippen molar-refractivity contribution in [1.29, 1.82) is 0 Å². The van der Waals surface area contributed by atoms with Gasteiger partial charge in [-0.1, -0.05) is 18.2 Å². The molecule has 0 unspecified atom stereocenters. The molecule has 0 N–H and O–H groups in total. The summed E-state index contributed by atoms with van der Waals surface area (Å²) in [5.74, 6) is -0.0180. The molecule has 7 heteroatoms. The Labute approximate surface area is 164 Å². The van der Waals surface area contributed by atoms with Gasteiger partial charge in [-0.05, 0) is 56.2 Å². The summed E-state index contributed by atoms with van der Waals surface area (Å²) in [7, 11) is -3.37. The maximum Gasteiger partial charge on any atom is 0.257 e. The first kappa shape index (κ1) is 18.5. The molecule has 0 radical (unpaired) electrons. The first-order chi connectivity index (χ1) is 13.0. The van der Waals surface area contributed by atoms with Gasteiger partial charge in [-0.3, -0.25) is 4.79 Å². The lowest BCUT2D eigenvalue weighted by molar-refractivity contribution is 0.0593. The summed E-state index contributed by atoms with van der Waals surface area (Å²) in [4.78, 5) is 19.8. The molecule has 0 aliphatic carbocycles. The van der Waals surface area contributed by atoms with Crippen LogP contribution >= 0.6 is 11.8 Å². The van der Waals surface area contributed by atoms with Gasteiger partial charge in [-0.15, -0.1) is 11.8 Å². The molecule has 0 saturated carbocycles. The Morgan fingerprint density at radius 2 is 1.74 bits per heavy atom. The minimum Gasteiger partial charge on any atom is -0.333 e. The highest BCUT2D eigenvalue weighted by Crippen LogP contribution is 2.41. The van der Waals surface area contributed by atoms with Crippen LogP contribution in [0, 0.1) is 0 Å². The van der Waals surface area contributed by atoms with E-state index in [1.807, 2.05) is 23.3 Å². The van der Waals surface area contributed by atoms with Gasteiger partial charge >= 0.3 is 0 Å². The average Bonchev–Trinajstić information content (AvgIpc) is 2.96. The van der Waals surface area contributed by atoms with Crippen LogP contribution in [0.1, 0.15) is 36.0 Å². The summed E-state index contributed by atoms with van der Waals surface area (Å²) < 4.78 is 26.1. The van der Waals surface area contributed by atoms with E-state index in [4.69, 9.17) is 0 Å². The molecule has 2 aliphatic heterocycles.